The molecule has 3 aromatic rings. The quantitative estimate of drug-likeness (QED) is 0.655. The summed E-state index contributed by atoms with van der Waals surface area (Å²) in [6.07, 6.45) is 0.835. The van der Waals surface area contributed by atoms with Gasteiger partial charge in [0, 0.05) is 24.6 Å². The molecule has 2 aromatic carbocycles. The molecule has 0 radical (unpaired) electrons. The van der Waals surface area contributed by atoms with Gasteiger partial charge in [0.25, 0.3) is 11.8 Å². The number of aromatic nitrogens is 2. The Bertz CT molecular complexity index is 939. The molecular formula is C22H23N3O3. The maximum Gasteiger partial charge on any atom is 0.253 e. The molecule has 28 heavy (non-hydrogen) atoms. The molecule has 0 N–H and O–H groups in total. The lowest BCUT2D eigenvalue weighted by Crippen LogP contribution is -2.28. The Morgan fingerprint density at radius 1 is 1.18 bits per heavy atom. The molecule has 2 heterocycles. The van der Waals surface area contributed by atoms with E-state index in [0.717, 1.165) is 23.1 Å². The minimum atomic E-state index is 0.0566. The van der Waals surface area contributed by atoms with Crippen molar-refractivity contribution in [2.75, 3.05) is 13.1 Å². The summed E-state index contributed by atoms with van der Waals surface area (Å²) in [4.78, 5) is 19.0. The van der Waals surface area contributed by atoms with Crippen LogP contribution in [0.4, 0.5) is 0 Å². The summed E-state index contributed by atoms with van der Waals surface area (Å²) in [5.41, 5.74) is 2.91. The zero-order valence-electron chi connectivity index (χ0n) is 15.9. The number of nitrogens with zero attached hydrogens (tertiary/aromatic N) is 3. The Balaban J connectivity index is 1.31. The van der Waals surface area contributed by atoms with E-state index in [1.807, 2.05) is 66.4 Å². The number of likely N-dealkylation sites (tertiary alicyclic amines) is 1. The van der Waals surface area contributed by atoms with Crippen molar-refractivity contribution in [3.8, 4) is 0 Å². The summed E-state index contributed by atoms with van der Waals surface area (Å²) in [6, 6.07) is 17.6. The average molecular weight is 377 g/mol. The van der Waals surface area contributed by atoms with Crippen LogP contribution in [0.2, 0.25) is 0 Å². The molecule has 1 aliphatic heterocycles. The Kier molecular flexibility index (Phi) is 5.48. The van der Waals surface area contributed by atoms with Gasteiger partial charge in [-0.15, -0.1) is 0 Å². The van der Waals surface area contributed by atoms with Gasteiger partial charge in [-0.1, -0.05) is 53.2 Å². The van der Waals surface area contributed by atoms with Crippen LogP contribution in [0.5, 0.6) is 0 Å². The van der Waals surface area contributed by atoms with Gasteiger partial charge in [-0.3, -0.25) is 4.79 Å². The maximum atomic E-state index is 12.7. The van der Waals surface area contributed by atoms with Gasteiger partial charge >= 0.3 is 0 Å². The lowest BCUT2D eigenvalue weighted by Gasteiger charge is -2.16. The van der Waals surface area contributed by atoms with Gasteiger partial charge in [-0.2, -0.15) is 4.98 Å². The zero-order valence-corrected chi connectivity index (χ0v) is 15.9. The van der Waals surface area contributed by atoms with E-state index < -0.39 is 0 Å². The van der Waals surface area contributed by atoms with Crippen molar-refractivity contribution in [3.63, 3.8) is 0 Å². The van der Waals surface area contributed by atoms with E-state index in [4.69, 9.17) is 9.26 Å². The fourth-order valence-corrected chi connectivity index (χ4v) is 3.44. The number of aryl methyl sites for hydroxylation is 1. The first-order valence-electron chi connectivity index (χ1n) is 9.49. The Morgan fingerprint density at radius 2 is 2.04 bits per heavy atom. The number of ether oxygens (including phenoxy) is 1. The number of benzene rings is 2. The maximum absolute atomic E-state index is 12.7. The van der Waals surface area contributed by atoms with Crippen LogP contribution in [-0.2, 0) is 18.0 Å². The molecular weight excluding hydrogens is 354 g/mol. The summed E-state index contributed by atoms with van der Waals surface area (Å²) >= 11 is 0. The summed E-state index contributed by atoms with van der Waals surface area (Å²) < 4.78 is 11.0. The highest BCUT2D eigenvalue weighted by atomic mass is 16.5. The van der Waals surface area contributed by atoms with E-state index in [2.05, 4.69) is 10.1 Å². The summed E-state index contributed by atoms with van der Waals surface area (Å²) in [5, 5.41) is 4.10. The van der Waals surface area contributed by atoms with Gasteiger partial charge in [0.1, 0.15) is 6.61 Å². The smallest absolute Gasteiger partial charge is 0.253 e. The number of carbonyl (C=O) groups is 1. The van der Waals surface area contributed by atoms with Crippen LogP contribution in [-0.4, -0.2) is 34.0 Å². The van der Waals surface area contributed by atoms with Crippen LogP contribution < -0.4 is 0 Å². The first kappa shape index (κ1) is 18.4. The van der Waals surface area contributed by atoms with E-state index in [-0.39, 0.29) is 18.4 Å². The van der Waals surface area contributed by atoms with Crippen LogP contribution in [0.25, 0.3) is 0 Å². The van der Waals surface area contributed by atoms with Crippen molar-refractivity contribution >= 4 is 5.91 Å². The molecule has 0 aliphatic carbocycles. The predicted octanol–water partition coefficient (Wildman–Crippen LogP) is 3.72. The van der Waals surface area contributed by atoms with Crippen molar-refractivity contribution < 1.29 is 14.1 Å². The molecule has 4 rings (SSSR count). The van der Waals surface area contributed by atoms with E-state index in [1.165, 1.54) is 0 Å². The van der Waals surface area contributed by atoms with Gasteiger partial charge < -0.3 is 14.2 Å². The van der Waals surface area contributed by atoms with Crippen molar-refractivity contribution in [2.24, 2.45) is 0 Å². The van der Waals surface area contributed by atoms with Gasteiger partial charge in [-0.05, 0) is 31.0 Å². The molecule has 1 amide bonds. The molecule has 6 heteroatoms. The molecule has 0 saturated carbocycles. The Morgan fingerprint density at radius 3 is 2.86 bits per heavy atom. The van der Waals surface area contributed by atoms with Crippen LogP contribution >= 0.6 is 0 Å². The second-order valence-corrected chi connectivity index (χ2v) is 7.13. The van der Waals surface area contributed by atoms with Crippen molar-refractivity contribution in [2.45, 2.75) is 32.5 Å². The largest absolute Gasteiger partial charge is 0.367 e. The summed E-state index contributed by atoms with van der Waals surface area (Å²) in [6.45, 7) is 4.08. The average Bonchev–Trinajstić information content (AvgIpc) is 3.38. The molecule has 1 aliphatic rings. The van der Waals surface area contributed by atoms with Gasteiger partial charge in [-0.25, -0.2) is 0 Å². The molecule has 1 unspecified atom stereocenters. The highest BCUT2D eigenvalue weighted by Crippen LogP contribution is 2.26. The minimum absolute atomic E-state index is 0.0566. The SMILES string of the molecule is Cc1cccc(C(=O)N2CCC(c3noc(COCc4ccccc4)n3)C2)c1. The molecule has 0 bridgehead atoms. The second kappa shape index (κ2) is 8.35. The number of hydrogen-bond donors (Lipinski definition) is 0. The van der Waals surface area contributed by atoms with E-state index in [1.54, 1.807) is 0 Å². The van der Waals surface area contributed by atoms with Crippen LogP contribution in [0.3, 0.4) is 0 Å². The number of hydrogen-bond acceptors (Lipinski definition) is 5. The first-order chi connectivity index (χ1) is 13.7. The Hall–Kier alpha value is -2.99. The molecule has 144 valence electrons. The van der Waals surface area contributed by atoms with Crippen molar-refractivity contribution in [1.29, 1.82) is 0 Å². The van der Waals surface area contributed by atoms with Crippen molar-refractivity contribution in [1.82, 2.24) is 15.0 Å². The van der Waals surface area contributed by atoms with Gasteiger partial charge in [0.15, 0.2) is 5.82 Å². The predicted molar refractivity (Wildman–Crippen MR) is 104 cm³/mol. The highest BCUT2D eigenvalue weighted by Gasteiger charge is 2.31. The van der Waals surface area contributed by atoms with Crippen LogP contribution in [0.15, 0.2) is 59.1 Å². The third-order valence-electron chi connectivity index (χ3n) is 4.93. The van der Waals surface area contributed by atoms with Gasteiger partial charge in [0.2, 0.25) is 0 Å². The first-order valence-corrected chi connectivity index (χ1v) is 9.49. The number of amides is 1. The monoisotopic (exact) mass is 377 g/mol. The molecule has 1 aromatic heterocycles. The molecule has 1 fully saturated rings. The fraction of sp³-hybridized carbons (Fsp3) is 0.318. The van der Waals surface area contributed by atoms with Crippen molar-refractivity contribution in [3.05, 3.63) is 83.0 Å². The highest BCUT2D eigenvalue weighted by molar-refractivity contribution is 5.94. The Labute approximate surface area is 164 Å². The second-order valence-electron chi connectivity index (χ2n) is 7.13. The normalized spacial score (nSPS) is 16.5. The summed E-state index contributed by atoms with van der Waals surface area (Å²) in [7, 11) is 0. The third-order valence-corrected chi connectivity index (χ3v) is 4.93. The lowest BCUT2D eigenvalue weighted by atomic mass is 10.1. The van der Waals surface area contributed by atoms with E-state index in [0.29, 0.717) is 31.4 Å². The van der Waals surface area contributed by atoms with E-state index >= 15 is 0 Å². The topological polar surface area (TPSA) is 68.5 Å². The lowest BCUT2D eigenvalue weighted by molar-refractivity contribution is 0.0790. The standard InChI is InChI=1S/C22H23N3O3/c1-16-6-5-9-18(12-16)22(26)25-11-10-19(13-25)21-23-20(28-24-21)15-27-14-17-7-3-2-4-8-17/h2-9,12,19H,10-11,13-15H2,1H3. The molecule has 6 nitrogen and oxygen atoms in total. The minimum Gasteiger partial charge on any atom is -0.367 e. The van der Waals surface area contributed by atoms with Gasteiger partial charge in [0.05, 0.1) is 6.61 Å². The molecule has 1 saturated heterocycles. The number of carbonyl (C=O) groups excluding carboxylic acids is 1. The van der Waals surface area contributed by atoms with E-state index in [9.17, 15) is 4.79 Å². The zero-order chi connectivity index (χ0) is 19.3. The van der Waals surface area contributed by atoms with Crippen LogP contribution in [0, 0.1) is 6.92 Å². The molecule has 0 spiro atoms. The number of rotatable bonds is 6. The fourth-order valence-electron chi connectivity index (χ4n) is 3.44. The summed E-state index contributed by atoms with van der Waals surface area (Å²) in [5.74, 6) is 1.27. The van der Waals surface area contributed by atoms with Crippen LogP contribution in [0.1, 0.15) is 45.5 Å². The third kappa shape index (κ3) is 4.28. The molecule has 1 atom stereocenters.